The van der Waals surface area contributed by atoms with Gasteiger partial charge in [0.25, 0.3) is 0 Å². The normalized spacial score (nSPS) is 36.7. The van der Waals surface area contributed by atoms with Crippen molar-refractivity contribution in [3.05, 3.63) is 53.9 Å². The summed E-state index contributed by atoms with van der Waals surface area (Å²) in [4.78, 5) is 13.6. The topological polar surface area (TPSA) is 176 Å². The molecule has 4 aliphatic heterocycles. The van der Waals surface area contributed by atoms with Gasteiger partial charge < -0.3 is 41.2 Å². The van der Waals surface area contributed by atoms with Crippen LogP contribution in [0.3, 0.4) is 0 Å². The number of allylic oxidation sites excluding steroid dienone is 1. The Kier molecular flexibility index (Phi) is 13.5. The summed E-state index contributed by atoms with van der Waals surface area (Å²) in [5.74, 6) is 4.84. The third-order valence-corrected chi connectivity index (χ3v) is 10.2. The van der Waals surface area contributed by atoms with Crippen LogP contribution in [0.15, 0.2) is 42.2 Å². The van der Waals surface area contributed by atoms with E-state index >= 15 is 0 Å². The van der Waals surface area contributed by atoms with Crippen molar-refractivity contribution >= 4 is 23.4 Å². The standard InChI is InChI=1S/C29H41F2N5O6S.C4H10/c1-14-5-4-7-20(18(32)13-36(33)19-9-8-16(30)11-17(19)31)43-29-25(39)23(37)24(38)27(42-29)21(14)35-28(40)22-26-15(12-34-22)6-2-3-10-41-26;1-4(2)3/h4-5,8-9,11,13-15,20-27,29,34,37-39H,2-3,6-7,10,12,32-33H2,1H3,(H,35,40);4H,1-3H3/b5-4-,18-13-;/t14?,15?,20-,21?,22?,23?,24?,25?,26?,27?,29?;/m0./s1. The van der Waals surface area contributed by atoms with Crippen LogP contribution >= 0.6 is 11.8 Å². The first-order valence-corrected chi connectivity index (χ1v) is 17.4. The summed E-state index contributed by atoms with van der Waals surface area (Å²) in [6, 6.07) is 1.67. The number of hydrazine groups is 1. The minimum absolute atomic E-state index is 0.0955. The smallest absolute Gasteiger partial charge is 0.240 e. The van der Waals surface area contributed by atoms with Crippen molar-refractivity contribution in [2.45, 2.75) is 107 Å². The highest BCUT2D eigenvalue weighted by atomic mass is 32.2. The van der Waals surface area contributed by atoms with Crippen LogP contribution in [0.25, 0.3) is 0 Å². The number of nitrogens with two attached hydrogens (primary N) is 2. The summed E-state index contributed by atoms with van der Waals surface area (Å²) in [5, 5.41) is 39.4. The van der Waals surface area contributed by atoms with E-state index in [9.17, 15) is 28.9 Å². The van der Waals surface area contributed by atoms with Gasteiger partial charge in [-0.2, -0.15) is 0 Å². The summed E-state index contributed by atoms with van der Waals surface area (Å²) in [7, 11) is 0. The average molecular weight is 684 g/mol. The van der Waals surface area contributed by atoms with Gasteiger partial charge in [0.15, 0.2) is 5.82 Å². The minimum Gasteiger partial charge on any atom is -0.400 e. The number of benzene rings is 1. The number of thioether (sulfide) groups is 1. The zero-order chi connectivity index (χ0) is 34.4. The predicted octanol–water partition coefficient (Wildman–Crippen LogP) is 2.25. The van der Waals surface area contributed by atoms with Crippen LogP contribution < -0.4 is 27.2 Å². The van der Waals surface area contributed by atoms with Crippen molar-refractivity contribution in [3.63, 3.8) is 0 Å². The first kappa shape index (κ1) is 37.5. The van der Waals surface area contributed by atoms with Gasteiger partial charge in [-0.15, -0.1) is 11.8 Å². The molecule has 4 heterocycles. The van der Waals surface area contributed by atoms with Gasteiger partial charge in [-0.25, -0.2) is 14.6 Å². The molecule has 1 aromatic carbocycles. The lowest BCUT2D eigenvalue weighted by Crippen LogP contribution is -2.65. The number of rotatable bonds is 5. The Balaban J connectivity index is 0.00000118. The van der Waals surface area contributed by atoms with Crippen LogP contribution in [0.5, 0.6) is 0 Å². The fraction of sp³-hybridized carbons (Fsp3) is 0.667. The van der Waals surface area contributed by atoms with Gasteiger partial charge in [0, 0.05) is 31.1 Å². The van der Waals surface area contributed by atoms with Gasteiger partial charge in [-0.3, -0.25) is 9.80 Å². The molecule has 264 valence electrons. The van der Waals surface area contributed by atoms with Gasteiger partial charge in [-0.05, 0) is 49.1 Å². The van der Waals surface area contributed by atoms with Gasteiger partial charge in [0.2, 0.25) is 5.91 Å². The molecule has 0 aliphatic carbocycles. The maximum Gasteiger partial charge on any atom is 0.240 e. The van der Waals surface area contributed by atoms with Crippen LogP contribution in [0.1, 0.15) is 53.4 Å². The Labute approximate surface area is 280 Å². The van der Waals surface area contributed by atoms with Crippen molar-refractivity contribution in [1.29, 1.82) is 0 Å². The number of carbonyl (C=O) groups excluding carboxylic acids is 1. The van der Waals surface area contributed by atoms with Crippen molar-refractivity contribution in [2.75, 3.05) is 18.2 Å². The Morgan fingerprint density at radius 3 is 2.57 bits per heavy atom. The zero-order valence-corrected chi connectivity index (χ0v) is 28.3. The highest BCUT2D eigenvalue weighted by Gasteiger charge is 2.50. The number of hydrogen-bond acceptors (Lipinski definition) is 11. The molecule has 47 heavy (non-hydrogen) atoms. The number of halogens is 2. The summed E-state index contributed by atoms with van der Waals surface area (Å²) in [6.45, 7) is 9.64. The number of amides is 1. The summed E-state index contributed by atoms with van der Waals surface area (Å²) in [6.07, 6.45) is 2.55. The lowest BCUT2D eigenvalue weighted by Gasteiger charge is -2.46. The third kappa shape index (κ3) is 9.44. The number of fused-ring (bicyclic) bond motifs is 3. The number of carbonyl (C=O) groups is 1. The first-order chi connectivity index (χ1) is 22.3. The zero-order valence-electron chi connectivity index (χ0n) is 27.5. The minimum atomic E-state index is -1.56. The Bertz CT molecular complexity index is 1260. The third-order valence-electron chi connectivity index (χ3n) is 8.73. The maximum atomic E-state index is 14.3. The van der Waals surface area contributed by atoms with Gasteiger partial charge in [0.1, 0.15) is 41.7 Å². The van der Waals surface area contributed by atoms with E-state index in [-0.39, 0.29) is 35.2 Å². The largest absolute Gasteiger partial charge is 0.400 e. The Morgan fingerprint density at radius 1 is 1.15 bits per heavy atom. The fourth-order valence-electron chi connectivity index (χ4n) is 6.27. The molecule has 0 spiro atoms. The maximum absolute atomic E-state index is 14.3. The molecule has 0 saturated carbocycles. The van der Waals surface area contributed by atoms with Crippen LogP contribution in [0, 0.1) is 29.4 Å². The molecule has 0 aromatic heterocycles. The van der Waals surface area contributed by atoms with E-state index in [2.05, 4.69) is 31.4 Å². The Morgan fingerprint density at radius 2 is 1.87 bits per heavy atom. The molecule has 2 bridgehead atoms. The molecular formula is C33H51F2N5O6S. The van der Waals surface area contributed by atoms with Crippen LogP contribution in [0.4, 0.5) is 14.5 Å². The van der Waals surface area contributed by atoms with Gasteiger partial charge in [0.05, 0.1) is 23.1 Å². The van der Waals surface area contributed by atoms with Gasteiger partial charge in [-0.1, -0.05) is 46.3 Å². The van der Waals surface area contributed by atoms with E-state index in [4.69, 9.17) is 21.1 Å². The molecule has 1 aromatic rings. The molecule has 1 amide bonds. The summed E-state index contributed by atoms with van der Waals surface area (Å²) >= 11 is 1.10. The van der Waals surface area contributed by atoms with Crippen LogP contribution in [-0.4, -0.2) is 87.7 Å². The number of nitrogens with zero attached hydrogens (tertiary/aromatic N) is 1. The van der Waals surface area contributed by atoms with Gasteiger partial charge >= 0.3 is 0 Å². The van der Waals surface area contributed by atoms with E-state index in [1.165, 1.54) is 12.3 Å². The van der Waals surface area contributed by atoms with Crippen molar-refractivity contribution in [2.24, 2.45) is 29.3 Å². The lowest BCUT2D eigenvalue weighted by molar-refractivity contribution is -0.207. The van der Waals surface area contributed by atoms with E-state index < -0.39 is 58.8 Å². The molecule has 10 unspecified atom stereocenters. The van der Waals surface area contributed by atoms with Crippen molar-refractivity contribution in [3.8, 4) is 0 Å². The molecule has 0 radical (unpaired) electrons. The Hall–Kier alpha value is -2.30. The number of hydrogen-bond donors (Lipinski definition) is 7. The van der Waals surface area contributed by atoms with E-state index in [1.54, 1.807) is 0 Å². The molecule has 3 fully saturated rings. The molecule has 11 atom stereocenters. The number of anilines is 1. The van der Waals surface area contributed by atoms with Crippen molar-refractivity contribution in [1.82, 2.24) is 10.6 Å². The second-order valence-corrected chi connectivity index (χ2v) is 14.8. The summed E-state index contributed by atoms with van der Waals surface area (Å²) < 4.78 is 39.9. The highest BCUT2D eigenvalue weighted by molar-refractivity contribution is 8.00. The second kappa shape index (κ2) is 16.9. The molecule has 9 N–H and O–H groups in total. The van der Waals surface area contributed by atoms with Crippen LogP contribution in [0.2, 0.25) is 0 Å². The van der Waals surface area contributed by atoms with E-state index in [0.717, 1.165) is 48.0 Å². The number of aliphatic hydroxyl groups is 3. The number of ether oxygens (including phenoxy) is 2. The fourth-order valence-corrected chi connectivity index (χ4v) is 7.55. The first-order valence-electron chi connectivity index (χ1n) is 16.4. The molecule has 14 heteroatoms. The molecule has 4 aliphatic rings. The predicted molar refractivity (Wildman–Crippen MR) is 178 cm³/mol. The molecule has 11 nitrogen and oxygen atoms in total. The number of aliphatic hydroxyl groups excluding tert-OH is 3. The quantitative estimate of drug-likeness (QED) is 0.138. The molecular weight excluding hydrogens is 632 g/mol. The monoisotopic (exact) mass is 683 g/mol. The highest BCUT2D eigenvalue weighted by Crippen LogP contribution is 2.37. The van der Waals surface area contributed by atoms with E-state index in [0.29, 0.717) is 25.6 Å². The molecule has 3 saturated heterocycles. The number of nitrogens with one attached hydrogen (secondary N) is 2. The lowest BCUT2D eigenvalue weighted by atomic mass is 9.87. The summed E-state index contributed by atoms with van der Waals surface area (Å²) in [5.41, 5.74) is 5.45. The van der Waals surface area contributed by atoms with E-state index in [1.807, 2.05) is 19.1 Å². The van der Waals surface area contributed by atoms with Crippen molar-refractivity contribution < 1.29 is 38.4 Å². The second-order valence-electron chi connectivity index (χ2n) is 13.5. The van der Waals surface area contributed by atoms with Crippen LogP contribution in [-0.2, 0) is 14.3 Å². The molecule has 5 rings (SSSR count). The SMILES string of the molecule is CC(C)C.CC1/C=C\C[C@@H](/C(N)=C/N(N)c2ccc(F)cc2F)SC2OC(C(O)C(O)C2O)C1NC(=O)C1NCC2CCCCOC21. The average Bonchev–Trinajstić information content (AvgIpc) is 3.26.